The summed E-state index contributed by atoms with van der Waals surface area (Å²) in [7, 11) is 0. The Hall–Kier alpha value is -1.33. The Morgan fingerprint density at radius 2 is 2.04 bits per heavy atom. The molecule has 1 aliphatic heterocycles. The largest absolute Gasteiger partial charge is 0.471 e. The Morgan fingerprint density at radius 1 is 1.30 bits per heavy atom. The molecule has 2 rings (SSSR count). The van der Waals surface area contributed by atoms with E-state index in [9.17, 15) is 22.8 Å². The number of ketones is 1. The minimum Gasteiger partial charge on any atom is -0.325 e. The second kappa shape index (κ2) is 9.24. The maximum Gasteiger partial charge on any atom is 0.471 e. The number of carbonyl (C=O) groups excluding carboxylic acids is 2. The first-order valence-electron chi connectivity index (χ1n) is 10.3. The number of allylic oxidation sites excluding steroid dienone is 1. The van der Waals surface area contributed by atoms with Gasteiger partial charge in [-0.3, -0.25) is 9.59 Å². The highest BCUT2D eigenvalue weighted by Crippen LogP contribution is 2.49. The van der Waals surface area contributed by atoms with Crippen molar-refractivity contribution in [1.82, 2.24) is 4.90 Å². The molecule has 27 heavy (non-hydrogen) atoms. The van der Waals surface area contributed by atoms with Gasteiger partial charge in [0.05, 0.1) is 5.54 Å². The zero-order chi connectivity index (χ0) is 20.1. The van der Waals surface area contributed by atoms with Crippen molar-refractivity contribution in [3.8, 4) is 0 Å². The van der Waals surface area contributed by atoms with Crippen LogP contribution in [0.5, 0.6) is 0 Å². The van der Waals surface area contributed by atoms with Crippen molar-refractivity contribution in [2.45, 2.75) is 102 Å². The predicted octanol–water partition coefficient (Wildman–Crippen LogP) is 5.58. The molecule has 0 unspecified atom stereocenters. The predicted molar refractivity (Wildman–Crippen MR) is 99.2 cm³/mol. The number of carbonyl (C=O) groups is 2. The van der Waals surface area contributed by atoms with Crippen LogP contribution in [0.15, 0.2) is 12.7 Å². The maximum absolute atomic E-state index is 13.5. The third-order valence-corrected chi connectivity index (χ3v) is 6.31. The van der Waals surface area contributed by atoms with Gasteiger partial charge in [-0.15, -0.1) is 6.58 Å². The Kier molecular flexibility index (Phi) is 7.52. The Balaban J connectivity index is 2.39. The van der Waals surface area contributed by atoms with Crippen LogP contribution in [0.3, 0.4) is 0 Å². The first kappa shape index (κ1) is 22.0. The Bertz CT molecular complexity index is 546. The number of alkyl halides is 3. The molecule has 3 nitrogen and oxygen atoms in total. The fraction of sp³-hybridized carbons (Fsp3) is 0.810. The van der Waals surface area contributed by atoms with Crippen molar-refractivity contribution in [2.24, 2.45) is 5.92 Å². The first-order valence-corrected chi connectivity index (χ1v) is 10.3. The molecule has 1 amide bonds. The molecule has 1 saturated heterocycles. The SMILES string of the molecule is C=CCC[C@]12CCCC[C@@H]1C(=O)C[C@H](CCCCCC)N2C(=O)C(F)(F)F. The maximum atomic E-state index is 13.5. The fourth-order valence-electron chi connectivity index (χ4n) is 5.12. The van der Waals surface area contributed by atoms with Gasteiger partial charge in [0.15, 0.2) is 0 Å². The molecule has 3 atom stereocenters. The molecule has 0 radical (unpaired) electrons. The lowest BCUT2D eigenvalue weighted by atomic mass is 9.63. The van der Waals surface area contributed by atoms with Crippen LogP contribution in [0.2, 0.25) is 0 Å². The number of piperidine rings is 1. The molecule has 0 aromatic rings. The summed E-state index contributed by atoms with van der Waals surface area (Å²) in [5.41, 5.74) is -0.996. The van der Waals surface area contributed by atoms with Crippen molar-refractivity contribution in [3.63, 3.8) is 0 Å². The van der Waals surface area contributed by atoms with Crippen LogP contribution in [-0.4, -0.2) is 34.3 Å². The van der Waals surface area contributed by atoms with E-state index in [0.717, 1.165) is 43.4 Å². The van der Waals surface area contributed by atoms with Crippen molar-refractivity contribution < 1.29 is 22.8 Å². The molecule has 6 heteroatoms. The Labute approximate surface area is 160 Å². The minimum atomic E-state index is -4.91. The number of amides is 1. The zero-order valence-corrected chi connectivity index (χ0v) is 16.3. The molecule has 1 aliphatic carbocycles. The van der Waals surface area contributed by atoms with Crippen LogP contribution in [0.25, 0.3) is 0 Å². The molecule has 2 fully saturated rings. The fourth-order valence-corrected chi connectivity index (χ4v) is 5.12. The van der Waals surface area contributed by atoms with Gasteiger partial charge >= 0.3 is 12.1 Å². The summed E-state index contributed by atoms with van der Waals surface area (Å²) >= 11 is 0. The van der Waals surface area contributed by atoms with Gasteiger partial charge < -0.3 is 4.90 Å². The zero-order valence-electron chi connectivity index (χ0n) is 16.3. The average molecular weight is 387 g/mol. The highest BCUT2D eigenvalue weighted by molar-refractivity contribution is 5.90. The van der Waals surface area contributed by atoms with Gasteiger partial charge in [-0.2, -0.15) is 13.2 Å². The Morgan fingerprint density at radius 3 is 2.67 bits per heavy atom. The van der Waals surface area contributed by atoms with E-state index in [4.69, 9.17) is 0 Å². The van der Waals surface area contributed by atoms with Crippen LogP contribution in [-0.2, 0) is 9.59 Å². The van der Waals surface area contributed by atoms with Gasteiger partial charge in [0.2, 0.25) is 0 Å². The summed E-state index contributed by atoms with van der Waals surface area (Å²) in [5, 5.41) is 0. The number of hydrogen-bond acceptors (Lipinski definition) is 2. The van der Waals surface area contributed by atoms with E-state index in [0.29, 0.717) is 32.1 Å². The van der Waals surface area contributed by atoms with E-state index in [2.05, 4.69) is 13.5 Å². The first-order chi connectivity index (χ1) is 12.8. The third-order valence-electron chi connectivity index (χ3n) is 6.31. The van der Waals surface area contributed by atoms with Gasteiger partial charge in [-0.25, -0.2) is 0 Å². The standard InChI is InChI=1S/C21H32F3NO2/c1-3-5-7-8-11-16-15-18(26)17-12-9-10-14-20(17,13-6-4-2)25(16)19(27)21(22,23)24/h4,16-17H,2-3,5-15H2,1H3/t16-,17+,20-/m0/s1. The monoisotopic (exact) mass is 387 g/mol. The smallest absolute Gasteiger partial charge is 0.325 e. The molecular weight excluding hydrogens is 355 g/mol. The highest BCUT2D eigenvalue weighted by Gasteiger charge is 2.59. The molecule has 0 N–H and O–H groups in total. The second-order valence-electron chi connectivity index (χ2n) is 8.08. The van der Waals surface area contributed by atoms with Gasteiger partial charge in [0, 0.05) is 18.4 Å². The highest BCUT2D eigenvalue weighted by atomic mass is 19.4. The normalized spacial score (nSPS) is 28.7. The summed E-state index contributed by atoms with van der Waals surface area (Å²) in [6.45, 7) is 5.77. The number of fused-ring (bicyclic) bond motifs is 1. The number of halogens is 3. The lowest BCUT2D eigenvalue weighted by Gasteiger charge is -2.57. The van der Waals surface area contributed by atoms with E-state index < -0.39 is 29.6 Å². The summed E-state index contributed by atoms with van der Waals surface area (Å²) in [4.78, 5) is 26.5. The van der Waals surface area contributed by atoms with Gasteiger partial charge in [0.1, 0.15) is 5.78 Å². The van der Waals surface area contributed by atoms with Crippen molar-refractivity contribution in [3.05, 3.63) is 12.7 Å². The van der Waals surface area contributed by atoms with Crippen LogP contribution in [0.1, 0.15) is 84.0 Å². The number of rotatable bonds is 8. The number of Topliss-reactive ketones (excluding diaryl/α,β-unsaturated/α-hetero) is 1. The second-order valence-corrected chi connectivity index (χ2v) is 8.08. The lowest BCUT2D eigenvalue weighted by Crippen LogP contribution is -2.68. The van der Waals surface area contributed by atoms with Crippen LogP contribution in [0.4, 0.5) is 13.2 Å². The minimum absolute atomic E-state index is 0.0467. The molecule has 2 aliphatic rings. The molecule has 154 valence electrons. The molecule has 0 aromatic heterocycles. The lowest BCUT2D eigenvalue weighted by molar-refractivity contribution is -0.204. The van der Waals surface area contributed by atoms with Crippen LogP contribution >= 0.6 is 0 Å². The van der Waals surface area contributed by atoms with E-state index in [-0.39, 0.29) is 12.2 Å². The summed E-state index contributed by atoms with van der Waals surface area (Å²) in [6, 6.07) is -0.636. The van der Waals surface area contributed by atoms with E-state index in [1.165, 1.54) is 0 Å². The van der Waals surface area contributed by atoms with Crippen LogP contribution < -0.4 is 0 Å². The number of nitrogens with zero attached hydrogens (tertiary/aromatic N) is 1. The van der Waals surface area contributed by atoms with Crippen LogP contribution in [0, 0.1) is 5.92 Å². The summed E-state index contributed by atoms with van der Waals surface area (Å²) < 4.78 is 40.5. The molecular formula is C21H32F3NO2. The molecule has 0 spiro atoms. The van der Waals surface area contributed by atoms with Crippen molar-refractivity contribution in [1.29, 1.82) is 0 Å². The average Bonchev–Trinajstić information content (AvgIpc) is 2.62. The molecule has 0 aromatic carbocycles. The topological polar surface area (TPSA) is 37.4 Å². The van der Waals surface area contributed by atoms with E-state index in [1.54, 1.807) is 6.08 Å². The van der Waals surface area contributed by atoms with E-state index >= 15 is 0 Å². The van der Waals surface area contributed by atoms with E-state index in [1.807, 2.05) is 0 Å². The molecule has 0 bridgehead atoms. The third kappa shape index (κ3) is 4.75. The van der Waals surface area contributed by atoms with Crippen molar-refractivity contribution >= 4 is 11.7 Å². The summed E-state index contributed by atoms with van der Waals surface area (Å²) in [6.07, 6.45) is 4.54. The number of likely N-dealkylation sites (tertiary alicyclic amines) is 1. The van der Waals surface area contributed by atoms with Gasteiger partial charge in [0.25, 0.3) is 0 Å². The quantitative estimate of drug-likeness (QED) is 0.402. The number of hydrogen-bond donors (Lipinski definition) is 0. The molecule has 1 heterocycles. The van der Waals surface area contributed by atoms with Crippen molar-refractivity contribution in [2.75, 3.05) is 0 Å². The summed E-state index contributed by atoms with van der Waals surface area (Å²) in [5.74, 6) is -2.18. The number of unbranched alkanes of at least 4 members (excludes halogenated alkanes) is 3. The van der Waals surface area contributed by atoms with Gasteiger partial charge in [-0.05, 0) is 32.1 Å². The molecule has 1 saturated carbocycles. The van der Waals surface area contributed by atoms with Gasteiger partial charge in [-0.1, -0.05) is 51.5 Å².